The molecule has 4 aromatic rings. The topological polar surface area (TPSA) is 82.8 Å². The Morgan fingerprint density at radius 2 is 1.90 bits per heavy atom. The number of benzene rings is 2. The van der Waals surface area contributed by atoms with Crippen molar-refractivity contribution in [1.82, 2.24) is 14.6 Å². The minimum atomic E-state index is -0.453. The van der Waals surface area contributed by atoms with Crippen LogP contribution in [0.5, 0.6) is 11.5 Å². The molecule has 2 aromatic carbocycles. The number of rotatable bonds is 6. The lowest BCUT2D eigenvalue weighted by atomic mass is 10.1. The molecule has 0 unspecified atom stereocenters. The van der Waals surface area contributed by atoms with Crippen molar-refractivity contribution in [3.05, 3.63) is 89.5 Å². The van der Waals surface area contributed by atoms with E-state index in [2.05, 4.69) is 10.1 Å². The lowest BCUT2D eigenvalue weighted by molar-refractivity contribution is 0.311. The predicted molar refractivity (Wildman–Crippen MR) is 121 cm³/mol. The zero-order chi connectivity index (χ0) is 22.0. The van der Waals surface area contributed by atoms with Gasteiger partial charge < -0.3 is 9.47 Å². The lowest BCUT2D eigenvalue weighted by Crippen LogP contribution is -2.28. The van der Waals surface area contributed by atoms with Crippen molar-refractivity contribution < 1.29 is 9.47 Å². The summed E-state index contributed by atoms with van der Waals surface area (Å²) in [5, 5.41) is 4.87. The zero-order valence-electron chi connectivity index (χ0n) is 16.8. The summed E-state index contributed by atoms with van der Waals surface area (Å²) in [6, 6.07) is 12.5. The van der Waals surface area contributed by atoms with Gasteiger partial charge in [-0.05, 0) is 48.4 Å². The van der Waals surface area contributed by atoms with Crippen LogP contribution >= 0.6 is 22.9 Å². The first-order valence-electron chi connectivity index (χ1n) is 9.48. The Kier molecular flexibility index (Phi) is 6.01. The van der Waals surface area contributed by atoms with E-state index in [9.17, 15) is 9.59 Å². The van der Waals surface area contributed by atoms with E-state index in [1.807, 2.05) is 25.1 Å². The van der Waals surface area contributed by atoms with Crippen molar-refractivity contribution in [2.24, 2.45) is 0 Å². The summed E-state index contributed by atoms with van der Waals surface area (Å²) in [6.07, 6.45) is 1.97. The number of ether oxygens (including phenoxy) is 2. The highest BCUT2D eigenvalue weighted by Gasteiger charge is 2.12. The van der Waals surface area contributed by atoms with Gasteiger partial charge >= 0.3 is 0 Å². The second kappa shape index (κ2) is 8.87. The largest absolute Gasteiger partial charge is 0.493 e. The molecule has 0 N–H and O–H groups in total. The van der Waals surface area contributed by atoms with E-state index in [0.29, 0.717) is 27.7 Å². The van der Waals surface area contributed by atoms with Gasteiger partial charge in [0.15, 0.2) is 11.5 Å². The van der Waals surface area contributed by atoms with Crippen molar-refractivity contribution in [1.29, 1.82) is 0 Å². The number of thiazole rings is 1. The molecule has 0 aliphatic carbocycles. The molecule has 0 spiro atoms. The van der Waals surface area contributed by atoms with Crippen LogP contribution in [0.1, 0.15) is 23.7 Å². The van der Waals surface area contributed by atoms with Gasteiger partial charge in [-0.1, -0.05) is 41.1 Å². The molecule has 0 fully saturated rings. The maximum Gasteiger partial charge on any atom is 0.296 e. The third-order valence-corrected chi connectivity index (χ3v) is 5.73. The number of hydrogen-bond acceptors (Lipinski definition) is 7. The molecule has 2 heterocycles. The zero-order valence-corrected chi connectivity index (χ0v) is 18.4. The molecule has 158 valence electrons. The van der Waals surface area contributed by atoms with Crippen molar-refractivity contribution >= 4 is 34.0 Å². The Balaban J connectivity index is 1.75. The minimum absolute atomic E-state index is 0.198. The number of nitrogens with zero attached hydrogens (tertiary/aromatic N) is 3. The summed E-state index contributed by atoms with van der Waals surface area (Å²) in [7, 11) is 1.56. The summed E-state index contributed by atoms with van der Waals surface area (Å²) < 4.78 is 12.5. The maximum absolute atomic E-state index is 12.9. The molecule has 9 heteroatoms. The average Bonchev–Trinajstić information content (AvgIpc) is 3.05. The van der Waals surface area contributed by atoms with Gasteiger partial charge in [0, 0.05) is 11.4 Å². The molecule has 0 saturated carbocycles. The molecule has 31 heavy (non-hydrogen) atoms. The van der Waals surface area contributed by atoms with Crippen LogP contribution in [0.15, 0.2) is 52.1 Å². The van der Waals surface area contributed by atoms with E-state index in [4.69, 9.17) is 21.1 Å². The average molecular weight is 456 g/mol. The molecule has 7 nitrogen and oxygen atoms in total. The Bertz CT molecular complexity index is 1410. The number of methoxy groups -OCH3 is 1. The van der Waals surface area contributed by atoms with Crippen LogP contribution < -0.4 is 25.1 Å². The normalized spacial score (nSPS) is 11.8. The molecule has 0 radical (unpaired) electrons. The number of hydrogen-bond donors (Lipinski definition) is 0. The summed E-state index contributed by atoms with van der Waals surface area (Å²) in [4.78, 5) is 29.6. The summed E-state index contributed by atoms with van der Waals surface area (Å²) >= 11 is 7.01. The highest BCUT2D eigenvalue weighted by molar-refractivity contribution is 7.15. The van der Waals surface area contributed by atoms with Gasteiger partial charge in [0.25, 0.3) is 11.1 Å². The van der Waals surface area contributed by atoms with Crippen molar-refractivity contribution in [3.8, 4) is 11.5 Å². The molecular weight excluding hydrogens is 438 g/mol. The smallest absolute Gasteiger partial charge is 0.296 e. The molecule has 0 aliphatic rings. The Morgan fingerprint density at radius 1 is 1.13 bits per heavy atom. The third kappa shape index (κ3) is 4.45. The van der Waals surface area contributed by atoms with Crippen molar-refractivity contribution in [2.45, 2.75) is 13.3 Å². The van der Waals surface area contributed by atoms with Crippen LogP contribution in [0.3, 0.4) is 0 Å². The van der Waals surface area contributed by atoms with Gasteiger partial charge in [-0.15, -0.1) is 0 Å². The Labute approximate surface area is 186 Å². The van der Waals surface area contributed by atoms with Crippen molar-refractivity contribution in [3.63, 3.8) is 0 Å². The highest BCUT2D eigenvalue weighted by atomic mass is 35.5. The lowest BCUT2D eigenvalue weighted by Gasteiger charge is -2.09. The molecule has 0 saturated heterocycles. The Hall–Kier alpha value is -3.23. The fraction of sp³-hybridized carbons (Fsp3) is 0.182. The molecule has 2 aromatic heterocycles. The number of fused-ring (bicyclic) bond motifs is 1. The van der Waals surface area contributed by atoms with E-state index >= 15 is 0 Å². The summed E-state index contributed by atoms with van der Waals surface area (Å²) in [6.45, 7) is 2.41. The van der Waals surface area contributed by atoms with E-state index in [0.717, 1.165) is 22.5 Å². The molecule has 0 aliphatic heterocycles. The predicted octanol–water partition coefficient (Wildman–Crippen LogP) is 2.71. The van der Waals surface area contributed by atoms with E-state index in [1.165, 1.54) is 4.52 Å². The van der Waals surface area contributed by atoms with Gasteiger partial charge in [-0.2, -0.15) is 14.6 Å². The fourth-order valence-corrected chi connectivity index (χ4v) is 4.08. The van der Waals surface area contributed by atoms with Crippen molar-refractivity contribution in [2.75, 3.05) is 13.7 Å². The molecule has 0 amide bonds. The van der Waals surface area contributed by atoms with E-state index in [-0.39, 0.29) is 22.6 Å². The van der Waals surface area contributed by atoms with Gasteiger partial charge in [0.05, 0.1) is 18.2 Å². The first-order chi connectivity index (χ1) is 15.0. The number of halogens is 1. The van der Waals surface area contributed by atoms with Crippen LogP contribution in [0.2, 0.25) is 5.02 Å². The molecule has 0 atom stereocenters. The monoisotopic (exact) mass is 455 g/mol. The first-order valence-corrected chi connectivity index (χ1v) is 10.7. The second-order valence-electron chi connectivity index (χ2n) is 6.62. The van der Waals surface area contributed by atoms with Crippen LogP contribution in [0, 0.1) is 0 Å². The van der Waals surface area contributed by atoms with Gasteiger partial charge in [-0.25, -0.2) is 0 Å². The standard InChI is InChI=1S/C22H18ClN3O4S/c1-3-30-17-9-6-14(11-18(17)29-2)12-19-21(28)26-22(31-19)24-20(27)16(25-26)10-13-4-7-15(23)8-5-13/h4-9,11-12H,3,10H2,1-2H3/b19-12-. The SMILES string of the molecule is CCOc1ccc(/C=c2\sc3nc(=O)c(Cc4ccc(Cl)cc4)nn3c2=O)cc1OC. The minimum Gasteiger partial charge on any atom is -0.493 e. The number of aromatic nitrogens is 3. The van der Waals surface area contributed by atoms with Crippen LogP contribution in [0.4, 0.5) is 0 Å². The van der Waals surface area contributed by atoms with E-state index in [1.54, 1.807) is 37.5 Å². The quantitative estimate of drug-likeness (QED) is 0.444. The van der Waals surface area contributed by atoms with Crippen LogP contribution in [-0.4, -0.2) is 28.3 Å². The maximum atomic E-state index is 12.9. The summed E-state index contributed by atoms with van der Waals surface area (Å²) in [5.74, 6) is 1.20. The van der Waals surface area contributed by atoms with Gasteiger partial charge in [-0.3, -0.25) is 9.59 Å². The van der Waals surface area contributed by atoms with Gasteiger partial charge in [0.2, 0.25) is 4.96 Å². The highest BCUT2D eigenvalue weighted by Crippen LogP contribution is 2.28. The molecule has 4 rings (SSSR count). The molecule has 0 bridgehead atoms. The summed E-state index contributed by atoms with van der Waals surface area (Å²) in [5.41, 5.74) is 1.02. The fourth-order valence-electron chi connectivity index (χ4n) is 3.05. The second-order valence-corrected chi connectivity index (χ2v) is 8.07. The Morgan fingerprint density at radius 3 is 2.61 bits per heavy atom. The van der Waals surface area contributed by atoms with Crippen LogP contribution in [-0.2, 0) is 6.42 Å². The van der Waals surface area contributed by atoms with Gasteiger partial charge in [0.1, 0.15) is 5.69 Å². The van der Waals surface area contributed by atoms with Crippen LogP contribution in [0.25, 0.3) is 11.0 Å². The third-order valence-electron chi connectivity index (χ3n) is 4.52. The first kappa shape index (κ1) is 21.0. The molecular formula is C22H18ClN3O4S. The van der Waals surface area contributed by atoms with E-state index < -0.39 is 5.56 Å².